The lowest BCUT2D eigenvalue weighted by atomic mass is 9.92. The summed E-state index contributed by atoms with van der Waals surface area (Å²) in [5, 5.41) is 0. The van der Waals surface area contributed by atoms with Crippen LogP contribution in [-0.4, -0.2) is 12.7 Å². The second-order valence-electron chi connectivity index (χ2n) is 15.3. The lowest BCUT2D eigenvalue weighted by molar-refractivity contribution is 0.0128. The molecule has 42 heavy (non-hydrogen) atoms. The summed E-state index contributed by atoms with van der Waals surface area (Å²) in [7, 11) is 1.82. The quantitative estimate of drug-likeness (QED) is 0.0919. The number of allylic oxidation sites excluding steroid dienone is 8. The molecule has 6 atom stereocenters. The monoisotopic (exact) mass is 585 g/mol. The van der Waals surface area contributed by atoms with Crippen LogP contribution in [0.25, 0.3) is 0 Å². The molecule has 246 valence electrons. The predicted molar refractivity (Wildman–Crippen MR) is 192 cm³/mol. The molecule has 1 heteroatoms. The third-order valence-corrected chi connectivity index (χ3v) is 9.06. The first-order valence-corrected chi connectivity index (χ1v) is 18.0. The van der Waals surface area contributed by atoms with Crippen molar-refractivity contribution in [3.63, 3.8) is 0 Å². The van der Waals surface area contributed by atoms with Crippen molar-refractivity contribution in [2.75, 3.05) is 7.11 Å². The van der Waals surface area contributed by atoms with Gasteiger partial charge < -0.3 is 4.74 Å². The van der Waals surface area contributed by atoms with E-state index in [2.05, 4.69) is 118 Å². The smallest absolute Gasteiger partial charge is 0.0622 e. The van der Waals surface area contributed by atoms with Gasteiger partial charge in [-0.15, -0.1) is 0 Å². The Labute approximate surface area is 266 Å². The molecule has 0 aromatic carbocycles. The van der Waals surface area contributed by atoms with Gasteiger partial charge in [-0.3, -0.25) is 0 Å². The summed E-state index contributed by atoms with van der Waals surface area (Å²) in [6, 6.07) is 0. The van der Waals surface area contributed by atoms with Crippen LogP contribution < -0.4 is 0 Å². The van der Waals surface area contributed by atoms with E-state index in [0.29, 0.717) is 17.8 Å². The highest BCUT2D eigenvalue weighted by atomic mass is 16.5. The van der Waals surface area contributed by atoms with Crippen LogP contribution in [-0.2, 0) is 4.74 Å². The molecular formula is C41H76O. The van der Waals surface area contributed by atoms with Crippen LogP contribution in [0.5, 0.6) is 0 Å². The average molecular weight is 585 g/mol. The Balaban J connectivity index is 4.01. The van der Waals surface area contributed by atoms with E-state index in [9.17, 15) is 0 Å². The Morgan fingerprint density at radius 3 is 1.31 bits per heavy atom. The van der Waals surface area contributed by atoms with Gasteiger partial charge in [-0.05, 0) is 93.8 Å². The first kappa shape index (κ1) is 40.9. The summed E-state index contributed by atoms with van der Waals surface area (Å²) in [6.45, 7) is 23.3. The van der Waals surface area contributed by atoms with Crippen LogP contribution in [0, 0.1) is 41.4 Å². The third kappa shape index (κ3) is 26.5. The zero-order valence-electron chi connectivity index (χ0n) is 30.5. The molecule has 0 amide bonds. The standard InChI is InChI=1S/C41H76O/c1-34(2)20-14-23-37(5)26-17-29-38(6)27-15-24-35(3)21-12-13-22-36(4)25-16-28-39(7)30-18-31-40(8)32-19-33-41(9,10)42-11/h12-13,15-16,18,24-25,30,34-40H,14,17,19-23,26-29,31-33H2,1-11H3/b13-12+,24-15+,25-16+,30-18+/t35-,36+,37+,38-,39-,40+/m1/s1. The van der Waals surface area contributed by atoms with E-state index < -0.39 is 0 Å². The Morgan fingerprint density at radius 2 is 0.857 bits per heavy atom. The Morgan fingerprint density at radius 1 is 0.476 bits per heavy atom. The van der Waals surface area contributed by atoms with Crippen molar-refractivity contribution >= 4 is 0 Å². The zero-order chi connectivity index (χ0) is 31.8. The number of methoxy groups -OCH3 is 1. The Bertz CT molecular complexity index is 723. The topological polar surface area (TPSA) is 9.23 Å². The molecule has 0 saturated heterocycles. The molecule has 0 fully saturated rings. The van der Waals surface area contributed by atoms with Gasteiger partial charge >= 0.3 is 0 Å². The first-order valence-electron chi connectivity index (χ1n) is 18.0. The number of ether oxygens (including phenoxy) is 1. The van der Waals surface area contributed by atoms with Crippen LogP contribution in [0.15, 0.2) is 48.6 Å². The van der Waals surface area contributed by atoms with Crippen LogP contribution in [0.2, 0.25) is 0 Å². The number of hydrogen-bond acceptors (Lipinski definition) is 1. The average Bonchev–Trinajstić information content (AvgIpc) is 2.91. The van der Waals surface area contributed by atoms with E-state index in [0.717, 1.165) is 49.4 Å². The molecule has 0 saturated carbocycles. The van der Waals surface area contributed by atoms with Gasteiger partial charge in [0.1, 0.15) is 0 Å². The van der Waals surface area contributed by atoms with Crippen molar-refractivity contribution in [2.45, 2.75) is 165 Å². The summed E-state index contributed by atoms with van der Waals surface area (Å²) in [6.07, 6.45) is 37.2. The van der Waals surface area contributed by atoms with E-state index in [1.54, 1.807) is 0 Å². The van der Waals surface area contributed by atoms with Gasteiger partial charge in [-0.2, -0.15) is 0 Å². The fourth-order valence-electron chi connectivity index (χ4n) is 5.52. The zero-order valence-corrected chi connectivity index (χ0v) is 30.5. The molecule has 0 aliphatic heterocycles. The van der Waals surface area contributed by atoms with Crippen molar-refractivity contribution in [3.05, 3.63) is 48.6 Å². The maximum absolute atomic E-state index is 5.54. The SMILES string of the molecule is COC(C)(C)CCC[C@@H](C)C/C=C/[C@H](C)C/C=C/[C@@H](C)C/C=C/C[C@@H](C)/C=C/C[C@@H](C)CCC[C@@H](C)CCCC(C)C. The highest BCUT2D eigenvalue weighted by Crippen LogP contribution is 2.22. The van der Waals surface area contributed by atoms with Gasteiger partial charge in [0.25, 0.3) is 0 Å². The summed E-state index contributed by atoms with van der Waals surface area (Å²) < 4.78 is 5.54. The van der Waals surface area contributed by atoms with Crippen molar-refractivity contribution in [2.24, 2.45) is 41.4 Å². The van der Waals surface area contributed by atoms with Crippen LogP contribution in [0.1, 0.15) is 159 Å². The first-order chi connectivity index (χ1) is 19.8. The molecule has 0 aromatic heterocycles. The summed E-state index contributed by atoms with van der Waals surface area (Å²) in [5.74, 6) is 5.17. The van der Waals surface area contributed by atoms with Crippen LogP contribution >= 0.6 is 0 Å². The van der Waals surface area contributed by atoms with E-state index in [1.165, 1.54) is 64.2 Å². The minimum atomic E-state index is 0.0165. The maximum Gasteiger partial charge on any atom is 0.0622 e. The van der Waals surface area contributed by atoms with Gasteiger partial charge in [0, 0.05) is 7.11 Å². The molecule has 0 aromatic rings. The fourth-order valence-corrected chi connectivity index (χ4v) is 5.52. The summed E-state index contributed by atoms with van der Waals surface area (Å²) in [4.78, 5) is 0. The molecule has 0 heterocycles. The van der Waals surface area contributed by atoms with Crippen molar-refractivity contribution in [1.82, 2.24) is 0 Å². The predicted octanol–water partition coefficient (Wildman–Crippen LogP) is 13.6. The molecule has 0 bridgehead atoms. The second kappa shape index (κ2) is 25.3. The molecule has 0 aliphatic rings. The van der Waals surface area contributed by atoms with Gasteiger partial charge in [0.05, 0.1) is 5.60 Å². The Kier molecular flexibility index (Phi) is 24.6. The van der Waals surface area contributed by atoms with Crippen LogP contribution in [0.4, 0.5) is 0 Å². The van der Waals surface area contributed by atoms with E-state index in [1.807, 2.05) is 7.11 Å². The molecular weight excluding hydrogens is 508 g/mol. The maximum atomic E-state index is 5.54. The van der Waals surface area contributed by atoms with Gasteiger partial charge in [-0.25, -0.2) is 0 Å². The van der Waals surface area contributed by atoms with Crippen LogP contribution in [0.3, 0.4) is 0 Å². The van der Waals surface area contributed by atoms with Gasteiger partial charge in [0.2, 0.25) is 0 Å². The van der Waals surface area contributed by atoms with E-state index in [4.69, 9.17) is 4.74 Å². The van der Waals surface area contributed by atoms with E-state index in [-0.39, 0.29) is 5.60 Å². The largest absolute Gasteiger partial charge is 0.379 e. The summed E-state index contributed by atoms with van der Waals surface area (Å²) in [5.41, 5.74) is 0.0165. The molecule has 0 N–H and O–H groups in total. The number of hydrogen-bond donors (Lipinski definition) is 0. The lowest BCUT2D eigenvalue weighted by Crippen LogP contribution is -2.22. The van der Waals surface area contributed by atoms with Crippen molar-refractivity contribution in [3.8, 4) is 0 Å². The molecule has 1 nitrogen and oxygen atoms in total. The normalized spacial score (nSPS) is 17.6. The van der Waals surface area contributed by atoms with Gasteiger partial charge in [-0.1, -0.05) is 155 Å². The number of rotatable bonds is 26. The minimum Gasteiger partial charge on any atom is -0.379 e. The second-order valence-corrected chi connectivity index (χ2v) is 15.3. The van der Waals surface area contributed by atoms with E-state index >= 15 is 0 Å². The summed E-state index contributed by atoms with van der Waals surface area (Å²) >= 11 is 0. The van der Waals surface area contributed by atoms with Crippen molar-refractivity contribution < 1.29 is 4.74 Å². The minimum absolute atomic E-state index is 0.0165. The van der Waals surface area contributed by atoms with Gasteiger partial charge in [0.15, 0.2) is 0 Å². The highest BCUT2D eigenvalue weighted by Gasteiger charge is 2.15. The van der Waals surface area contributed by atoms with Crippen molar-refractivity contribution in [1.29, 1.82) is 0 Å². The highest BCUT2D eigenvalue weighted by molar-refractivity contribution is 4.98. The fraction of sp³-hybridized carbons (Fsp3) is 0.805. The molecule has 0 unspecified atom stereocenters. The Hall–Kier alpha value is -1.08. The molecule has 0 aliphatic carbocycles. The molecule has 0 rings (SSSR count). The lowest BCUT2D eigenvalue weighted by Gasteiger charge is -2.23. The third-order valence-electron chi connectivity index (χ3n) is 9.06. The molecule has 0 radical (unpaired) electrons. The molecule has 0 spiro atoms.